The van der Waals surface area contributed by atoms with Gasteiger partial charge in [-0.1, -0.05) is 12.8 Å². The van der Waals surface area contributed by atoms with Crippen LogP contribution in [0.5, 0.6) is 0 Å². The first-order valence-corrected chi connectivity index (χ1v) is 8.20. The molecule has 1 aromatic heterocycles. The van der Waals surface area contributed by atoms with Gasteiger partial charge in [0.25, 0.3) is 11.2 Å². The average molecular weight is 319 g/mol. The lowest BCUT2D eigenvalue weighted by molar-refractivity contribution is -0.385. The highest BCUT2D eigenvalue weighted by molar-refractivity contribution is 5.76. The Labute approximate surface area is 134 Å². The van der Waals surface area contributed by atoms with E-state index < -0.39 is 4.92 Å². The second kappa shape index (κ2) is 6.52. The number of piperidine rings is 1. The standard InChI is InChI=1S/C16H21N3O4/c20-15-8-7-13(19(22)23)10-17(15)11-16(21)18-9-3-5-12-4-1-2-6-14(12)18/h7-8,10,12,14H,1-6,9,11H2/t12-,14-/m1/s1. The second-order valence-electron chi connectivity index (χ2n) is 6.45. The van der Waals surface area contributed by atoms with Gasteiger partial charge in [-0.2, -0.15) is 0 Å². The molecule has 2 heterocycles. The maximum Gasteiger partial charge on any atom is 0.285 e. The Balaban J connectivity index is 1.77. The molecule has 2 atom stereocenters. The van der Waals surface area contributed by atoms with Crippen molar-refractivity contribution in [2.45, 2.75) is 51.1 Å². The van der Waals surface area contributed by atoms with Gasteiger partial charge < -0.3 is 4.90 Å². The Morgan fingerprint density at radius 2 is 1.96 bits per heavy atom. The molecule has 7 heteroatoms. The summed E-state index contributed by atoms with van der Waals surface area (Å²) in [5, 5.41) is 10.8. The molecule has 0 bridgehead atoms. The lowest BCUT2D eigenvalue weighted by Gasteiger charge is -2.44. The van der Waals surface area contributed by atoms with E-state index in [0.717, 1.165) is 42.6 Å². The summed E-state index contributed by atoms with van der Waals surface area (Å²) in [6.45, 7) is 0.605. The van der Waals surface area contributed by atoms with E-state index in [9.17, 15) is 19.7 Å². The van der Waals surface area contributed by atoms with Crippen molar-refractivity contribution in [3.63, 3.8) is 0 Å². The molecule has 1 saturated carbocycles. The van der Waals surface area contributed by atoms with Gasteiger partial charge in [-0.15, -0.1) is 0 Å². The molecule has 1 amide bonds. The fourth-order valence-electron chi connectivity index (χ4n) is 3.92. The summed E-state index contributed by atoms with van der Waals surface area (Å²) in [4.78, 5) is 36.7. The molecule has 7 nitrogen and oxygen atoms in total. The summed E-state index contributed by atoms with van der Waals surface area (Å²) in [5.41, 5.74) is -0.562. The third-order valence-electron chi connectivity index (χ3n) is 5.05. The van der Waals surface area contributed by atoms with Gasteiger partial charge in [0.15, 0.2) is 0 Å². The third kappa shape index (κ3) is 3.28. The molecule has 2 fully saturated rings. The van der Waals surface area contributed by atoms with E-state index >= 15 is 0 Å². The molecule has 1 aliphatic carbocycles. The van der Waals surface area contributed by atoms with Gasteiger partial charge in [-0.25, -0.2) is 0 Å². The number of amides is 1. The molecule has 1 aromatic rings. The zero-order valence-corrected chi connectivity index (χ0v) is 13.0. The minimum absolute atomic E-state index is 0.107. The number of carbonyl (C=O) groups excluding carboxylic acids is 1. The molecule has 0 N–H and O–H groups in total. The predicted molar refractivity (Wildman–Crippen MR) is 84.0 cm³/mol. The van der Waals surface area contributed by atoms with Crippen LogP contribution in [0.15, 0.2) is 23.1 Å². The first kappa shape index (κ1) is 15.7. The third-order valence-corrected chi connectivity index (χ3v) is 5.05. The van der Waals surface area contributed by atoms with Gasteiger partial charge in [0, 0.05) is 24.7 Å². The van der Waals surface area contributed by atoms with Crippen molar-refractivity contribution in [2.75, 3.05) is 6.54 Å². The number of nitro groups is 1. The van der Waals surface area contributed by atoms with E-state index in [1.165, 1.54) is 25.3 Å². The van der Waals surface area contributed by atoms with Crippen LogP contribution < -0.4 is 5.56 Å². The molecule has 1 aliphatic heterocycles. The second-order valence-corrected chi connectivity index (χ2v) is 6.45. The van der Waals surface area contributed by atoms with Gasteiger partial charge in [0.2, 0.25) is 5.91 Å². The number of fused-ring (bicyclic) bond motifs is 1. The van der Waals surface area contributed by atoms with Crippen LogP contribution in [-0.4, -0.2) is 32.9 Å². The van der Waals surface area contributed by atoms with Crippen LogP contribution in [-0.2, 0) is 11.3 Å². The Morgan fingerprint density at radius 1 is 1.22 bits per heavy atom. The van der Waals surface area contributed by atoms with E-state index in [-0.39, 0.29) is 29.7 Å². The fraction of sp³-hybridized carbons (Fsp3) is 0.625. The molecule has 1 saturated heterocycles. The van der Waals surface area contributed by atoms with E-state index in [2.05, 4.69) is 0 Å². The van der Waals surface area contributed by atoms with Crippen LogP contribution in [0.3, 0.4) is 0 Å². The zero-order chi connectivity index (χ0) is 16.4. The van der Waals surface area contributed by atoms with Gasteiger partial charge in [-0.05, 0) is 31.6 Å². The van der Waals surface area contributed by atoms with Crippen molar-refractivity contribution in [3.8, 4) is 0 Å². The molecular formula is C16H21N3O4. The number of aromatic nitrogens is 1. The van der Waals surface area contributed by atoms with Crippen LogP contribution in [0, 0.1) is 16.0 Å². The van der Waals surface area contributed by atoms with E-state index in [0.29, 0.717) is 5.92 Å². The van der Waals surface area contributed by atoms with Crippen molar-refractivity contribution < 1.29 is 9.72 Å². The molecule has 0 aromatic carbocycles. The number of nitrogens with zero attached hydrogens (tertiary/aromatic N) is 3. The topological polar surface area (TPSA) is 85.5 Å². The smallest absolute Gasteiger partial charge is 0.285 e. The first-order chi connectivity index (χ1) is 11.1. The Morgan fingerprint density at radius 3 is 2.74 bits per heavy atom. The first-order valence-electron chi connectivity index (χ1n) is 8.20. The highest BCUT2D eigenvalue weighted by atomic mass is 16.6. The largest absolute Gasteiger partial charge is 0.338 e. The Hall–Kier alpha value is -2.18. The quantitative estimate of drug-likeness (QED) is 0.629. The summed E-state index contributed by atoms with van der Waals surface area (Å²) in [6.07, 6.45) is 7.89. The molecule has 23 heavy (non-hydrogen) atoms. The van der Waals surface area contributed by atoms with Crippen LogP contribution in [0.4, 0.5) is 5.69 Å². The van der Waals surface area contributed by atoms with Crippen molar-refractivity contribution in [2.24, 2.45) is 5.92 Å². The van der Waals surface area contributed by atoms with Crippen molar-refractivity contribution >= 4 is 11.6 Å². The van der Waals surface area contributed by atoms with Crippen molar-refractivity contribution in [1.29, 1.82) is 0 Å². The maximum atomic E-state index is 12.7. The fourth-order valence-corrected chi connectivity index (χ4v) is 3.92. The predicted octanol–water partition coefficient (Wildman–Crippen LogP) is 1.94. The lowest BCUT2D eigenvalue weighted by atomic mass is 9.78. The molecular weight excluding hydrogens is 298 g/mol. The minimum atomic E-state index is -0.557. The molecule has 3 rings (SSSR count). The van der Waals surface area contributed by atoms with Gasteiger partial charge in [-0.3, -0.25) is 24.3 Å². The molecule has 0 spiro atoms. The van der Waals surface area contributed by atoms with Crippen molar-refractivity contribution in [1.82, 2.24) is 9.47 Å². The normalized spacial score (nSPS) is 24.1. The number of hydrogen-bond acceptors (Lipinski definition) is 4. The summed E-state index contributed by atoms with van der Waals surface area (Å²) >= 11 is 0. The molecule has 0 radical (unpaired) electrons. The molecule has 0 unspecified atom stereocenters. The number of carbonyl (C=O) groups is 1. The van der Waals surface area contributed by atoms with Gasteiger partial charge >= 0.3 is 0 Å². The zero-order valence-electron chi connectivity index (χ0n) is 13.0. The summed E-state index contributed by atoms with van der Waals surface area (Å²) in [5.74, 6) is 0.465. The van der Waals surface area contributed by atoms with Crippen molar-refractivity contribution in [3.05, 3.63) is 38.8 Å². The molecule has 124 valence electrons. The van der Waals surface area contributed by atoms with Gasteiger partial charge in [0.05, 0.1) is 11.1 Å². The van der Waals surface area contributed by atoms with Crippen LogP contribution in [0.1, 0.15) is 38.5 Å². The molecule has 2 aliphatic rings. The Kier molecular flexibility index (Phi) is 4.45. The lowest BCUT2D eigenvalue weighted by Crippen LogP contribution is -2.51. The van der Waals surface area contributed by atoms with E-state index in [1.807, 2.05) is 4.90 Å². The Bertz CT molecular complexity index is 668. The maximum absolute atomic E-state index is 12.7. The number of hydrogen-bond donors (Lipinski definition) is 0. The SMILES string of the molecule is O=C(Cn1cc([N+](=O)[O-])ccc1=O)N1CCC[C@H]2CCCC[C@H]21. The number of rotatable bonds is 3. The minimum Gasteiger partial charge on any atom is -0.338 e. The van der Waals surface area contributed by atoms with Crippen LogP contribution in [0.2, 0.25) is 0 Å². The van der Waals surface area contributed by atoms with Crippen LogP contribution in [0.25, 0.3) is 0 Å². The van der Waals surface area contributed by atoms with Crippen LogP contribution >= 0.6 is 0 Å². The van der Waals surface area contributed by atoms with E-state index in [1.54, 1.807) is 0 Å². The average Bonchev–Trinajstić information content (AvgIpc) is 2.56. The summed E-state index contributed by atoms with van der Waals surface area (Å²) in [7, 11) is 0. The number of pyridine rings is 1. The monoisotopic (exact) mass is 319 g/mol. The summed E-state index contributed by atoms with van der Waals surface area (Å²) in [6, 6.07) is 2.59. The summed E-state index contributed by atoms with van der Waals surface area (Å²) < 4.78 is 1.15. The highest BCUT2D eigenvalue weighted by Gasteiger charge is 2.35. The highest BCUT2D eigenvalue weighted by Crippen LogP contribution is 2.35. The van der Waals surface area contributed by atoms with E-state index in [4.69, 9.17) is 0 Å². The van der Waals surface area contributed by atoms with Gasteiger partial charge in [0.1, 0.15) is 6.54 Å². The number of likely N-dealkylation sites (tertiary alicyclic amines) is 1.